The maximum Gasteiger partial charge on any atom is 0.0950 e. The SMILES string of the molecule is CCCNC(c1ccoc1)C1CSc2ccccc21. The zero-order valence-corrected chi connectivity index (χ0v) is 12.0. The fourth-order valence-corrected chi connectivity index (χ4v) is 4.00. The first-order chi connectivity index (χ1) is 9.40. The molecule has 1 aromatic heterocycles. The van der Waals surface area contributed by atoms with E-state index < -0.39 is 0 Å². The summed E-state index contributed by atoms with van der Waals surface area (Å²) in [4.78, 5) is 1.43. The van der Waals surface area contributed by atoms with Crippen LogP contribution in [-0.4, -0.2) is 12.3 Å². The number of nitrogens with one attached hydrogen (secondary N) is 1. The number of thioether (sulfide) groups is 1. The summed E-state index contributed by atoms with van der Waals surface area (Å²) in [5.74, 6) is 1.68. The maximum atomic E-state index is 5.28. The Bertz CT molecular complexity index is 523. The highest BCUT2D eigenvalue weighted by molar-refractivity contribution is 7.99. The van der Waals surface area contributed by atoms with Gasteiger partial charge in [0, 0.05) is 28.2 Å². The summed E-state index contributed by atoms with van der Waals surface area (Å²) in [6, 6.07) is 11.2. The van der Waals surface area contributed by atoms with Gasteiger partial charge in [0.25, 0.3) is 0 Å². The van der Waals surface area contributed by atoms with Gasteiger partial charge in [-0.05, 0) is 30.7 Å². The number of benzene rings is 1. The average molecular weight is 273 g/mol. The number of fused-ring (bicyclic) bond motifs is 1. The highest BCUT2D eigenvalue weighted by atomic mass is 32.2. The molecular weight excluding hydrogens is 254 g/mol. The fourth-order valence-electron chi connectivity index (χ4n) is 2.71. The minimum atomic E-state index is 0.356. The van der Waals surface area contributed by atoms with Gasteiger partial charge >= 0.3 is 0 Å². The molecule has 2 nitrogen and oxygen atoms in total. The van der Waals surface area contributed by atoms with Gasteiger partial charge in [0.05, 0.1) is 12.5 Å². The quantitative estimate of drug-likeness (QED) is 0.883. The van der Waals surface area contributed by atoms with Gasteiger partial charge in [-0.15, -0.1) is 11.8 Å². The van der Waals surface area contributed by atoms with Crippen molar-refractivity contribution in [3.8, 4) is 0 Å². The van der Waals surface area contributed by atoms with Gasteiger partial charge in [-0.25, -0.2) is 0 Å². The molecule has 19 heavy (non-hydrogen) atoms. The zero-order chi connectivity index (χ0) is 13.1. The van der Waals surface area contributed by atoms with E-state index in [0.29, 0.717) is 12.0 Å². The van der Waals surface area contributed by atoms with E-state index >= 15 is 0 Å². The van der Waals surface area contributed by atoms with Gasteiger partial charge < -0.3 is 9.73 Å². The van der Waals surface area contributed by atoms with Crippen molar-refractivity contribution < 1.29 is 4.42 Å². The smallest absolute Gasteiger partial charge is 0.0950 e. The highest BCUT2D eigenvalue weighted by Gasteiger charge is 2.31. The van der Waals surface area contributed by atoms with Crippen molar-refractivity contribution in [2.24, 2.45) is 0 Å². The van der Waals surface area contributed by atoms with E-state index in [1.807, 2.05) is 18.0 Å². The van der Waals surface area contributed by atoms with Gasteiger partial charge in [-0.2, -0.15) is 0 Å². The second kappa shape index (κ2) is 5.85. The number of furan rings is 1. The van der Waals surface area contributed by atoms with Crippen molar-refractivity contribution in [2.75, 3.05) is 12.3 Å². The molecule has 2 unspecified atom stereocenters. The van der Waals surface area contributed by atoms with E-state index in [-0.39, 0.29) is 0 Å². The number of rotatable bonds is 5. The molecule has 0 fully saturated rings. The lowest BCUT2D eigenvalue weighted by atomic mass is 9.89. The van der Waals surface area contributed by atoms with Crippen LogP contribution < -0.4 is 5.32 Å². The van der Waals surface area contributed by atoms with Crippen molar-refractivity contribution in [1.29, 1.82) is 0 Å². The first-order valence-corrected chi connectivity index (χ1v) is 7.86. The first kappa shape index (κ1) is 12.8. The van der Waals surface area contributed by atoms with Gasteiger partial charge in [-0.1, -0.05) is 25.1 Å². The van der Waals surface area contributed by atoms with E-state index in [1.54, 1.807) is 6.26 Å². The molecule has 1 N–H and O–H groups in total. The molecule has 1 aliphatic heterocycles. The summed E-state index contributed by atoms with van der Waals surface area (Å²) in [5, 5.41) is 3.68. The predicted octanol–water partition coefficient (Wildman–Crippen LogP) is 4.21. The summed E-state index contributed by atoms with van der Waals surface area (Å²) in [6.45, 7) is 3.25. The Morgan fingerprint density at radius 2 is 2.26 bits per heavy atom. The second-order valence-electron chi connectivity index (χ2n) is 4.94. The summed E-state index contributed by atoms with van der Waals surface area (Å²) in [6.07, 6.45) is 4.79. The summed E-state index contributed by atoms with van der Waals surface area (Å²) >= 11 is 1.96. The standard InChI is InChI=1S/C16H19NOS/c1-2-8-17-16(12-7-9-18-10-12)14-11-19-15-6-4-3-5-13(14)15/h3-7,9-10,14,16-17H,2,8,11H2,1H3. The van der Waals surface area contributed by atoms with Crippen molar-refractivity contribution in [3.63, 3.8) is 0 Å². The lowest BCUT2D eigenvalue weighted by Crippen LogP contribution is -2.27. The van der Waals surface area contributed by atoms with Gasteiger partial charge in [0.2, 0.25) is 0 Å². The molecule has 3 rings (SSSR count). The molecule has 2 atom stereocenters. The molecule has 0 aliphatic carbocycles. The average Bonchev–Trinajstić information content (AvgIpc) is 3.09. The molecule has 3 heteroatoms. The summed E-state index contributed by atoms with van der Waals surface area (Å²) in [5.41, 5.74) is 2.73. The molecule has 0 saturated carbocycles. The molecular formula is C16H19NOS. The molecule has 1 aromatic carbocycles. The van der Waals surface area contributed by atoms with Crippen LogP contribution in [0.5, 0.6) is 0 Å². The largest absolute Gasteiger partial charge is 0.472 e. The van der Waals surface area contributed by atoms with Crippen molar-refractivity contribution >= 4 is 11.8 Å². The van der Waals surface area contributed by atoms with Crippen LogP contribution in [0.15, 0.2) is 52.2 Å². The lowest BCUT2D eigenvalue weighted by Gasteiger charge is -2.24. The predicted molar refractivity (Wildman–Crippen MR) is 79.6 cm³/mol. The molecule has 2 aromatic rings. The highest BCUT2D eigenvalue weighted by Crippen LogP contribution is 2.45. The third-order valence-electron chi connectivity index (χ3n) is 3.66. The van der Waals surface area contributed by atoms with Crippen molar-refractivity contribution in [3.05, 3.63) is 54.0 Å². The molecule has 0 radical (unpaired) electrons. The molecule has 1 aliphatic rings. The Morgan fingerprint density at radius 1 is 1.37 bits per heavy atom. The molecule has 0 bridgehead atoms. The van der Waals surface area contributed by atoms with Gasteiger partial charge in [-0.3, -0.25) is 0 Å². The Hall–Kier alpha value is -1.19. The van der Waals surface area contributed by atoms with Crippen molar-refractivity contribution in [2.45, 2.75) is 30.2 Å². The van der Waals surface area contributed by atoms with E-state index in [0.717, 1.165) is 18.7 Å². The second-order valence-corrected chi connectivity index (χ2v) is 6.01. The molecule has 0 amide bonds. The van der Waals surface area contributed by atoms with Crippen LogP contribution in [-0.2, 0) is 0 Å². The Labute approximate surface area is 118 Å². The summed E-state index contributed by atoms with van der Waals surface area (Å²) < 4.78 is 5.28. The van der Waals surface area contributed by atoms with Crippen LogP contribution >= 0.6 is 11.8 Å². The third kappa shape index (κ3) is 2.58. The minimum Gasteiger partial charge on any atom is -0.472 e. The fraction of sp³-hybridized carbons (Fsp3) is 0.375. The zero-order valence-electron chi connectivity index (χ0n) is 11.1. The van der Waals surface area contributed by atoms with Crippen LogP contribution in [0.2, 0.25) is 0 Å². The van der Waals surface area contributed by atoms with Crippen LogP contribution in [0.1, 0.15) is 36.4 Å². The van der Waals surface area contributed by atoms with Crippen LogP contribution in [0, 0.1) is 0 Å². The molecule has 0 saturated heterocycles. The van der Waals surface area contributed by atoms with E-state index in [2.05, 4.69) is 42.6 Å². The van der Waals surface area contributed by atoms with Gasteiger partial charge in [0.15, 0.2) is 0 Å². The number of hydrogen-bond acceptors (Lipinski definition) is 3. The van der Waals surface area contributed by atoms with E-state index in [4.69, 9.17) is 4.42 Å². The van der Waals surface area contributed by atoms with E-state index in [9.17, 15) is 0 Å². The molecule has 2 heterocycles. The molecule has 100 valence electrons. The van der Waals surface area contributed by atoms with Crippen LogP contribution in [0.3, 0.4) is 0 Å². The topological polar surface area (TPSA) is 25.2 Å². The molecule has 0 spiro atoms. The van der Waals surface area contributed by atoms with Crippen LogP contribution in [0.4, 0.5) is 0 Å². The monoisotopic (exact) mass is 273 g/mol. The Balaban J connectivity index is 1.89. The Morgan fingerprint density at radius 3 is 3.05 bits per heavy atom. The summed E-state index contributed by atoms with van der Waals surface area (Å²) in [7, 11) is 0. The first-order valence-electron chi connectivity index (χ1n) is 6.87. The maximum absolute atomic E-state index is 5.28. The van der Waals surface area contributed by atoms with Crippen molar-refractivity contribution in [1.82, 2.24) is 5.32 Å². The van der Waals surface area contributed by atoms with Gasteiger partial charge in [0.1, 0.15) is 0 Å². The lowest BCUT2D eigenvalue weighted by molar-refractivity contribution is 0.464. The number of hydrogen-bond donors (Lipinski definition) is 1. The Kier molecular flexibility index (Phi) is 3.95. The van der Waals surface area contributed by atoms with E-state index in [1.165, 1.54) is 16.0 Å². The van der Waals surface area contributed by atoms with Crippen LogP contribution in [0.25, 0.3) is 0 Å². The third-order valence-corrected chi connectivity index (χ3v) is 4.86. The minimum absolute atomic E-state index is 0.356. The normalized spacial score (nSPS) is 19.3.